The van der Waals surface area contributed by atoms with Gasteiger partial charge in [0.2, 0.25) is 5.91 Å². The van der Waals surface area contributed by atoms with Crippen LogP contribution in [0.4, 0.5) is 0 Å². The zero-order valence-corrected chi connectivity index (χ0v) is 12.0. The molecule has 0 radical (unpaired) electrons. The molecule has 1 aromatic rings. The Labute approximate surface area is 123 Å². The molecule has 2 amide bonds. The Balaban J connectivity index is 1.88. The van der Waals surface area contributed by atoms with Crippen molar-refractivity contribution < 1.29 is 19.4 Å². The minimum Gasteiger partial charge on any atom is -0.507 e. The van der Waals surface area contributed by atoms with Crippen molar-refractivity contribution >= 4 is 11.8 Å². The Morgan fingerprint density at radius 3 is 2.62 bits per heavy atom. The molecule has 0 bridgehead atoms. The van der Waals surface area contributed by atoms with Crippen molar-refractivity contribution in [2.24, 2.45) is 0 Å². The highest BCUT2D eigenvalue weighted by molar-refractivity contribution is 5.96. The van der Waals surface area contributed by atoms with E-state index in [4.69, 9.17) is 4.74 Å². The second-order valence-electron chi connectivity index (χ2n) is 5.08. The van der Waals surface area contributed by atoms with Gasteiger partial charge >= 0.3 is 0 Å². The molecule has 1 saturated heterocycles. The minimum absolute atomic E-state index is 0.00183. The number of carbonyl (C=O) groups excluding carboxylic acids is 2. The molecular weight excluding hydrogens is 272 g/mol. The molecule has 1 aliphatic heterocycles. The number of hydrogen-bond donors (Lipinski definition) is 2. The van der Waals surface area contributed by atoms with Crippen LogP contribution in [0.3, 0.4) is 0 Å². The first-order valence-electron chi connectivity index (χ1n) is 6.97. The van der Waals surface area contributed by atoms with Gasteiger partial charge in [0.25, 0.3) is 5.91 Å². The van der Waals surface area contributed by atoms with Crippen LogP contribution in [0.5, 0.6) is 5.75 Å². The van der Waals surface area contributed by atoms with Crippen LogP contribution in [0, 0.1) is 0 Å². The van der Waals surface area contributed by atoms with Gasteiger partial charge in [-0.3, -0.25) is 9.59 Å². The molecule has 6 nitrogen and oxygen atoms in total. The van der Waals surface area contributed by atoms with Crippen LogP contribution in [-0.4, -0.2) is 54.7 Å². The van der Waals surface area contributed by atoms with Crippen LogP contribution in [-0.2, 0) is 9.53 Å². The maximum Gasteiger partial charge on any atom is 0.257 e. The monoisotopic (exact) mass is 292 g/mol. The van der Waals surface area contributed by atoms with Crippen LogP contribution in [0.25, 0.3) is 0 Å². The van der Waals surface area contributed by atoms with Crippen molar-refractivity contribution in [1.82, 2.24) is 10.2 Å². The highest BCUT2D eigenvalue weighted by atomic mass is 16.5. The number of phenols is 1. The van der Waals surface area contributed by atoms with E-state index in [0.29, 0.717) is 31.5 Å². The number of methoxy groups -OCH3 is 1. The summed E-state index contributed by atoms with van der Waals surface area (Å²) in [6.45, 7) is 1.17. The van der Waals surface area contributed by atoms with E-state index in [9.17, 15) is 14.7 Å². The average molecular weight is 292 g/mol. The van der Waals surface area contributed by atoms with Gasteiger partial charge in [-0.05, 0) is 25.0 Å². The van der Waals surface area contributed by atoms with Crippen LogP contribution in [0.1, 0.15) is 23.2 Å². The summed E-state index contributed by atoms with van der Waals surface area (Å²) in [5.41, 5.74) is 0.319. The van der Waals surface area contributed by atoms with Gasteiger partial charge in [-0.1, -0.05) is 12.1 Å². The normalized spacial score (nSPS) is 15.8. The molecule has 2 rings (SSSR count). The summed E-state index contributed by atoms with van der Waals surface area (Å²) in [4.78, 5) is 25.5. The van der Waals surface area contributed by atoms with Gasteiger partial charge in [-0.25, -0.2) is 0 Å². The number of rotatable bonds is 4. The zero-order chi connectivity index (χ0) is 15.2. The second kappa shape index (κ2) is 7.08. The third-order valence-corrected chi connectivity index (χ3v) is 3.56. The molecule has 0 spiro atoms. The molecule has 1 heterocycles. The van der Waals surface area contributed by atoms with Crippen molar-refractivity contribution in [1.29, 1.82) is 0 Å². The number of piperidine rings is 1. The highest BCUT2D eigenvalue weighted by Gasteiger charge is 2.25. The molecule has 21 heavy (non-hydrogen) atoms. The Morgan fingerprint density at radius 2 is 2.00 bits per heavy atom. The molecule has 1 aliphatic rings. The van der Waals surface area contributed by atoms with Gasteiger partial charge in [0.1, 0.15) is 12.4 Å². The molecule has 1 aromatic carbocycles. The molecule has 114 valence electrons. The second-order valence-corrected chi connectivity index (χ2v) is 5.08. The summed E-state index contributed by atoms with van der Waals surface area (Å²) in [6, 6.07) is 6.60. The number of aromatic hydroxyl groups is 1. The number of hydrogen-bond acceptors (Lipinski definition) is 4. The molecule has 0 aliphatic carbocycles. The third kappa shape index (κ3) is 3.95. The van der Waals surface area contributed by atoms with Crippen molar-refractivity contribution in [2.75, 3.05) is 26.8 Å². The fourth-order valence-corrected chi connectivity index (χ4v) is 2.45. The minimum atomic E-state index is -0.172. The lowest BCUT2D eigenvalue weighted by Gasteiger charge is -2.32. The van der Waals surface area contributed by atoms with E-state index in [0.717, 1.165) is 0 Å². The largest absolute Gasteiger partial charge is 0.507 e. The molecule has 0 saturated carbocycles. The summed E-state index contributed by atoms with van der Waals surface area (Å²) in [6.07, 6.45) is 1.41. The average Bonchev–Trinajstić information content (AvgIpc) is 2.48. The number of nitrogens with one attached hydrogen (secondary N) is 1. The Morgan fingerprint density at radius 1 is 1.33 bits per heavy atom. The molecular formula is C15H20N2O4. The van der Waals surface area contributed by atoms with E-state index in [1.54, 1.807) is 23.1 Å². The third-order valence-electron chi connectivity index (χ3n) is 3.56. The summed E-state index contributed by atoms with van der Waals surface area (Å²) in [7, 11) is 1.48. The number of likely N-dealkylation sites (tertiary alicyclic amines) is 1. The van der Waals surface area contributed by atoms with Crippen molar-refractivity contribution in [3.05, 3.63) is 29.8 Å². The Bertz CT molecular complexity index is 510. The van der Waals surface area contributed by atoms with E-state index < -0.39 is 0 Å². The Kier molecular flexibility index (Phi) is 5.16. The molecule has 0 aromatic heterocycles. The first kappa shape index (κ1) is 15.3. The number of carbonyl (C=O) groups is 2. The fraction of sp³-hybridized carbons (Fsp3) is 0.467. The smallest absolute Gasteiger partial charge is 0.257 e. The summed E-state index contributed by atoms with van der Waals surface area (Å²) < 4.78 is 4.77. The fourth-order valence-electron chi connectivity index (χ4n) is 2.45. The van der Waals surface area contributed by atoms with Gasteiger partial charge in [0, 0.05) is 26.2 Å². The predicted octanol–water partition coefficient (Wildman–Crippen LogP) is 0.759. The topological polar surface area (TPSA) is 78.9 Å². The van der Waals surface area contributed by atoms with E-state index in [2.05, 4.69) is 5.32 Å². The van der Waals surface area contributed by atoms with Gasteiger partial charge in [-0.2, -0.15) is 0 Å². The van der Waals surface area contributed by atoms with Gasteiger partial charge in [-0.15, -0.1) is 0 Å². The van der Waals surface area contributed by atoms with Crippen molar-refractivity contribution in [3.8, 4) is 5.75 Å². The quantitative estimate of drug-likeness (QED) is 0.858. The number of nitrogens with zero attached hydrogens (tertiary/aromatic N) is 1. The molecule has 0 atom stereocenters. The van der Waals surface area contributed by atoms with Crippen LogP contribution in [0.15, 0.2) is 24.3 Å². The van der Waals surface area contributed by atoms with Gasteiger partial charge in [0.15, 0.2) is 0 Å². The molecule has 6 heteroatoms. The van der Waals surface area contributed by atoms with E-state index in [1.807, 2.05) is 0 Å². The van der Waals surface area contributed by atoms with E-state index in [-0.39, 0.29) is 30.2 Å². The van der Waals surface area contributed by atoms with Gasteiger partial charge in [0.05, 0.1) is 5.56 Å². The summed E-state index contributed by atoms with van der Waals surface area (Å²) >= 11 is 0. The van der Waals surface area contributed by atoms with Crippen LogP contribution in [0.2, 0.25) is 0 Å². The lowest BCUT2D eigenvalue weighted by molar-refractivity contribution is -0.125. The van der Waals surface area contributed by atoms with Gasteiger partial charge < -0.3 is 20.1 Å². The van der Waals surface area contributed by atoms with Crippen molar-refractivity contribution in [3.63, 3.8) is 0 Å². The SMILES string of the molecule is COCC(=O)NC1CCN(C(=O)c2ccccc2O)CC1. The summed E-state index contributed by atoms with van der Waals surface area (Å²) in [5, 5.41) is 12.6. The molecule has 2 N–H and O–H groups in total. The number of phenolic OH excluding ortho intramolecular Hbond substituents is 1. The maximum atomic E-state index is 12.3. The molecule has 0 unspecified atom stereocenters. The number of ether oxygens (including phenoxy) is 1. The van der Waals surface area contributed by atoms with E-state index in [1.165, 1.54) is 13.2 Å². The van der Waals surface area contributed by atoms with Crippen molar-refractivity contribution in [2.45, 2.75) is 18.9 Å². The Hall–Kier alpha value is -2.08. The lowest BCUT2D eigenvalue weighted by atomic mass is 10.0. The number of para-hydroxylation sites is 1. The van der Waals surface area contributed by atoms with Crippen LogP contribution >= 0.6 is 0 Å². The van der Waals surface area contributed by atoms with Crippen LogP contribution < -0.4 is 5.32 Å². The maximum absolute atomic E-state index is 12.3. The zero-order valence-electron chi connectivity index (χ0n) is 12.0. The highest BCUT2D eigenvalue weighted by Crippen LogP contribution is 2.20. The first-order valence-corrected chi connectivity index (χ1v) is 6.97. The number of amides is 2. The molecule has 1 fully saturated rings. The number of benzene rings is 1. The standard InChI is InChI=1S/C15H20N2O4/c1-21-10-14(19)16-11-6-8-17(9-7-11)15(20)12-4-2-3-5-13(12)18/h2-5,11,18H,6-10H2,1H3,(H,16,19). The van der Waals surface area contributed by atoms with E-state index >= 15 is 0 Å². The summed E-state index contributed by atoms with van der Waals surface area (Å²) in [5.74, 6) is -0.309. The first-order chi connectivity index (χ1) is 10.1. The lowest BCUT2D eigenvalue weighted by Crippen LogP contribution is -2.47. The predicted molar refractivity (Wildman–Crippen MR) is 77.1 cm³/mol.